The fourth-order valence-electron chi connectivity index (χ4n) is 3.72. The molecule has 0 bridgehead atoms. The number of nitrogens with zero attached hydrogens (tertiary/aromatic N) is 5. The van der Waals surface area contributed by atoms with Crippen molar-refractivity contribution < 1.29 is 9.59 Å². The van der Waals surface area contributed by atoms with E-state index < -0.39 is 11.9 Å². The lowest BCUT2D eigenvalue weighted by Gasteiger charge is -2.37. The molecule has 0 radical (unpaired) electrons. The third-order valence-electron chi connectivity index (χ3n) is 5.49. The zero-order valence-electron chi connectivity index (χ0n) is 16.9. The molecule has 0 aliphatic carbocycles. The molecule has 0 spiro atoms. The first-order valence-electron chi connectivity index (χ1n) is 9.92. The van der Waals surface area contributed by atoms with Crippen LogP contribution in [0.25, 0.3) is 33.5 Å². The molecule has 1 aliphatic rings. The van der Waals surface area contributed by atoms with Crippen LogP contribution in [0.1, 0.15) is 17.3 Å². The number of likely N-dealkylation sites (tertiary alicyclic amines) is 1. The first-order chi connectivity index (χ1) is 15.4. The Labute approximate surface area is 186 Å². The van der Waals surface area contributed by atoms with E-state index in [0.29, 0.717) is 40.7 Å². The number of hydrogen-bond donors (Lipinski definition) is 3. The van der Waals surface area contributed by atoms with Crippen molar-refractivity contribution in [1.82, 2.24) is 35.4 Å². The van der Waals surface area contributed by atoms with Crippen LogP contribution in [-0.2, 0) is 4.79 Å². The number of carbonyl (C=O) groups is 2. The highest BCUT2D eigenvalue weighted by Crippen LogP contribution is 2.28. The Bertz CT molecular complexity index is 1410. The number of benzene rings is 1. The van der Waals surface area contributed by atoms with E-state index in [1.807, 2.05) is 6.07 Å². The Hall–Kier alpha value is -3.97. The lowest BCUT2D eigenvalue weighted by atomic mass is 10.0. The van der Waals surface area contributed by atoms with E-state index in [0.717, 1.165) is 10.9 Å². The van der Waals surface area contributed by atoms with Gasteiger partial charge < -0.3 is 15.2 Å². The Morgan fingerprint density at radius 2 is 2.19 bits per heavy atom. The molecule has 10 nitrogen and oxygen atoms in total. The van der Waals surface area contributed by atoms with Gasteiger partial charge in [-0.2, -0.15) is 10.4 Å². The molecule has 3 N–H and O–H groups in total. The number of aromatic amines is 2. The van der Waals surface area contributed by atoms with Gasteiger partial charge in [-0.3, -0.25) is 14.7 Å². The van der Waals surface area contributed by atoms with Crippen molar-refractivity contribution in [1.29, 1.82) is 5.26 Å². The number of fused-ring (bicyclic) bond motifs is 2. The van der Waals surface area contributed by atoms with Crippen LogP contribution in [0.4, 0.5) is 0 Å². The van der Waals surface area contributed by atoms with Gasteiger partial charge in [0.25, 0.3) is 5.91 Å². The Morgan fingerprint density at radius 1 is 1.38 bits per heavy atom. The molecule has 4 aromatic rings. The van der Waals surface area contributed by atoms with E-state index in [1.165, 1.54) is 6.20 Å². The first kappa shape index (κ1) is 20.0. The van der Waals surface area contributed by atoms with Gasteiger partial charge in [0.2, 0.25) is 5.91 Å². The van der Waals surface area contributed by atoms with Crippen molar-refractivity contribution in [2.45, 2.75) is 13.0 Å². The minimum Gasteiger partial charge on any atom is -0.344 e. The summed E-state index contributed by atoms with van der Waals surface area (Å²) >= 11 is 6.04. The van der Waals surface area contributed by atoms with Gasteiger partial charge in [0.05, 0.1) is 29.3 Å². The second-order valence-corrected chi connectivity index (χ2v) is 8.12. The average molecular weight is 449 g/mol. The number of hydrogen-bond acceptors (Lipinski definition) is 6. The molecule has 1 saturated heterocycles. The maximum atomic E-state index is 12.9. The summed E-state index contributed by atoms with van der Waals surface area (Å²) in [7, 11) is 0. The second-order valence-electron chi connectivity index (χ2n) is 7.68. The lowest BCUT2D eigenvalue weighted by molar-refractivity contribution is -0.137. The molecule has 2 amide bonds. The summed E-state index contributed by atoms with van der Waals surface area (Å²) in [4.78, 5) is 38.8. The van der Waals surface area contributed by atoms with Crippen molar-refractivity contribution in [2.75, 3.05) is 13.1 Å². The minimum absolute atomic E-state index is 0.140. The predicted octanol–water partition coefficient (Wildman–Crippen LogP) is 2.25. The Kier molecular flexibility index (Phi) is 4.75. The van der Waals surface area contributed by atoms with E-state index in [4.69, 9.17) is 16.9 Å². The first-order valence-corrected chi connectivity index (χ1v) is 10.3. The molecule has 1 aliphatic heterocycles. The van der Waals surface area contributed by atoms with Crippen molar-refractivity contribution in [3.8, 4) is 17.5 Å². The van der Waals surface area contributed by atoms with E-state index >= 15 is 0 Å². The van der Waals surface area contributed by atoms with Crippen LogP contribution in [0.3, 0.4) is 0 Å². The molecule has 1 atom stereocenters. The fourth-order valence-corrected chi connectivity index (χ4v) is 3.89. The van der Waals surface area contributed by atoms with Gasteiger partial charge in [0.1, 0.15) is 22.9 Å². The standard InChI is InChI=1S/C21H17ClN8O2/c1-10(21(32)30-8-11(5-23)9-30)26-20(31)14-6-24-19-18(14)27-16(7-25-19)17-13-3-2-12(22)4-15(13)28-29-17/h2-4,6-7,10-11H,8-9H2,1H3,(H,24,25)(H,26,31)(H,28,29). The maximum Gasteiger partial charge on any atom is 0.255 e. The molecular formula is C21H17ClN8O2. The number of rotatable bonds is 4. The second kappa shape index (κ2) is 7.62. The molecule has 160 valence electrons. The number of carbonyl (C=O) groups excluding carboxylic acids is 2. The van der Waals surface area contributed by atoms with Crippen LogP contribution in [0, 0.1) is 17.2 Å². The molecular weight excluding hydrogens is 432 g/mol. The molecule has 4 heterocycles. The molecule has 1 fully saturated rings. The maximum absolute atomic E-state index is 12.9. The summed E-state index contributed by atoms with van der Waals surface area (Å²) in [6.45, 7) is 2.40. The molecule has 32 heavy (non-hydrogen) atoms. The van der Waals surface area contributed by atoms with E-state index in [2.05, 4.69) is 36.5 Å². The number of halogens is 1. The average Bonchev–Trinajstić information content (AvgIpc) is 3.35. The zero-order chi connectivity index (χ0) is 22.4. The number of H-pyrrole nitrogens is 2. The van der Waals surface area contributed by atoms with Crippen molar-refractivity contribution in [3.05, 3.63) is 41.2 Å². The van der Waals surface area contributed by atoms with E-state index in [9.17, 15) is 9.59 Å². The molecule has 5 rings (SSSR count). The van der Waals surface area contributed by atoms with Crippen LogP contribution < -0.4 is 5.32 Å². The number of aromatic nitrogens is 5. The highest BCUT2D eigenvalue weighted by atomic mass is 35.5. The topological polar surface area (TPSA) is 143 Å². The SMILES string of the molecule is CC(NC(=O)c1c[nH]c2ncc(-c3n[nH]c4cc(Cl)ccc34)nc12)C(=O)N1CC(C#N)C1. The van der Waals surface area contributed by atoms with E-state index in [1.54, 1.807) is 30.2 Å². The van der Waals surface area contributed by atoms with Crippen molar-refractivity contribution >= 4 is 45.5 Å². The van der Waals surface area contributed by atoms with Gasteiger partial charge in [-0.15, -0.1) is 0 Å². The summed E-state index contributed by atoms with van der Waals surface area (Å²) in [5.74, 6) is -0.809. The number of nitrogens with one attached hydrogen (secondary N) is 3. The highest BCUT2D eigenvalue weighted by molar-refractivity contribution is 6.31. The monoisotopic (exact) mass is 448 g/mol. The zero-order valence-corrected chi connectivity index (χ0v) is 17.6. The van der Waals surface area contributed by atoms with Crippen LogP contribution in [-0.4, -0.2) is 61.0 Å². The summed E-state index contributed by atoms with van der Waals surface area (Å²) in [5, 5.41) is 20.2. The van der Waals surface area contributed by atoms with Gasteiger partial charge >= 0.3 is 0 Å². The van der Waals surface area contributed by atoms with Crippen LogP contribution in [0.15, 0.2) is 30.6 Å². The van der Waals surface area contributed by atoms with Crippen LogP contribution in [0.2, 0.25) is 5.02 Å². The predicted molar refractivity (Wildman–Crippen MR) is 117 cm³/mol. The number of amides is 2. The Balaban J connectivity index is 1.40. The lowest BCUT2D eigenvalue weighted by Crippen LogP contribution is -2.55. The normalized spacial score (nSPS) is 14.8. The minimum atomic E-state index is -0.733. The largest absolute Gasteiger partial charge is 0.344 e. The quantitative estimate of drug-likeness (QED) is 0.437. The molecule has 0 saturated carbocycles. The van der Waals surface area contributed by atoms with Crippen molar-refractivity contribution in [2.24, 2.45) is 5.92 Å². The third-order valence-corrected chi connectivity index (χ3v) is 5.72. The van der Waals surface area contributed by atoms with Gasteiger partial charge in [0, 0.05) is 29.7 Å². The van der Waals surface area contributed by atoms with E-state index in [-0.39, 0.29) is 17.4 Å². The summed E-state index contributed by atoms with van der Waals surface area (Å²) in [6, 6.07) is 6.76. The number of nitriles is 1. The summed E-state index contributed by atoms with van der Waals surface area (Å²) < 4.78 is 0. The summed E-state index contributed by atoms with van der Waals surface area (Å²) in [5.41, 5.74) is 2.94. The molecule has 3 aromatic heterocycles. The Morgan fingerprint density at radius 3 is 2.97 bits per heavy atom. The van der Waals surface area contributed by atoms with Crippen molar-refractivity contribution in [3.63, 3.8) is 0 Å². The molecule has 11 heteroatoms. The summed E-state index contributed by atoms with van der Waals surface area (Å²) in [6.07, 6.45) is 3.09. The van der Waals surface area contributed by atoms with Crippen LogP contribution >= 0.6 is 11.6 Å². The fraction of sp³-hybridized carbons (Fsp3) is 0.238. The van der Waals surface area contributed by atoms with Gasteiger partial charge in [0.15, 0.2) is 5.65 Å². The van der Waals surface area contributed by atoms with Gasteiger partial charge in [-0.05, 0) is 25.1 Å². The third kappa shape index (κ3) is 3.33. The smallest absolute Gasteiger partial charge is 0.255 e. The highest BCUT2D eigenvalue weighted by Gasteiger charge is 2.33. The molecule has 1 unspecified atom stereocenters. The van der Waals surface area contributed by atoms with Crippen LogP contribution in [0.5, 0.6) is 0 Å². The van der Waals surface area contributed by atoms with Gasteiger partial charge in [-0.25, -0.2) is 9.97 Å². The molecule has 1 aromatic carbocycles. The van der Waals surface area contributed by atoms with Gasteiger partial charge in [-0.1, -0.05) is 11.6 Å².